The summed E-state index contributed by atoms with van der Waals surface area (Å²) in [5, 5.41) is 3.85. The van der Waals surface area contributed by atoms with E-state index in [2.05, 4.69) is 38.0 Å². The molecule has 0 aromatic rings. The molecular weight excluding hydrogens is 212 g/mol. The zero-order valence-corrected chi connectivity index (χ0v) is 11.8. The van der Waals surface area contributed by atoms with Crippen LogP contribution in [0.15, 0.2) is 0 Å². The summed E-state index contributed by atoms with van der Waals surface area (Å²) in [5.41, 5.74) is 0.344. The maximum Gasteiger partial charge on any atom is 0.0658 e. The molecule has 0 radical (unpaired) electrons. The molecule has 4 atom stereocenters. The molecule has 1 heterocycles. The Morgan fingerprint density at radius 1 is 1.41 bits per heavy atom. The summed E-state index contributed by atoms with van der Waals surface area (Å²) in [6, 6.07) is 1.35. The lowest BCUT2D eigenvalue weighted by Crippen LogP contribution is -2.64. The zero-order valence-electron chi connectivity index (χ0n) is 11.8. The monoisotopic (exact) mass is 240 g/mol. The Balaban J connectivity index is 1.86. The van der Waals surface area contributed by atoms with Gasteiger partial charge in [-0.2, -0.15) is 0 Å². The van der Waals surface area contributed by atoms with E-state index in [9.17, 15) is 0 Å². The second-order valence-electron chi connectivity index (χ2n) is 6.01. The second kappa shape index (κ2) is 5.25. The van der Waals surface area contributed by atoms with Crippen molar-refractivity contribution < 1.29 is 4.74 Å². The summed E-state index contributed by atoms with van der Waals surface area (Å²) >= 11 is 0. The van der Waals surface area contributed by atoms with Crippen molar-refractivity contribution in [3.63, 3.8) is 0 Å². The van der Waals surface area contributed by atoms with Crippen molar-refractivity contribution in [3.8, 4) is 0 Å². The van der Waals surface area contributed by atoms with Gasteiger partial charge >= 0.3 is 0 Å². The molecule has 0 aromatic heterocycles. The van der Waals surface area contributed by atoms with Crippen LogP contribution in [-0.4, -0.2) is 49.8 Å². The number of likely N-dealkylation sites (tertiary alicyclic amines) is 1. The summed E-state index contributed by atoms with van der Waals surface area (Å²) in [4.78, 5) is 2.42. The number of nitrogens with zero attached hydrogens (tertiary/aromatic N) is 1. The smallest absolute Gasteiger partial charge is 0.0658 e. The quantitative estimate of drug-likeness (QED) is 0.794. The molecule has 3 heteroatoms. The normalized spacial score (nSPS) is 42.7. The Kier molecular flexibility index (Phi) is 4.11. The number of ether oxygens (including phenoxy) is 1. The fourth-order valence-electron chi connectivity index (χ4n) is 3.36. The molecule has 100 valence electrons. The van der Waals surface area contributed by atoms with Crippen molar-refractivity contribution in [2.45, 2.75) is 58.2 Å². The van der Waals surface area contributed by atoms with E-state index in [1.807, 2.05) is 0 Å². The number of hydrogen-bond donors (Lipinski definition) is 1. The molecule has 2 fully saturated rings. The Labute approximate surface area is 106 Å². The number of rotatable bonds is 5. The van der Waals surface area contributed by atoms with Gasteiger partial charge in [0.25, 0.3) is 0 Å². The number of nitrogens with one attached hydrogen (secondary N) is 1. The van der Waals surface area contributed by atoms with Crippen LogP contribution < -0.4 is 5.32 Å². The molecule has 0 spiro atoms. The van der Waals surface area contributed by atoms with Crippen molar-refractivity contribution in [1.29, 1.82) is 0 Å². The van der Waals surface area contributed by atoms with Crippen molar-refractivity contribution in [2.75, 3.05) is 26.7 Å². The van der Waals surface area contributed by atoms with Crippen LogP contribution in [-0.2, 0) is 4.74 Å². The van der Waals surface area contributed by atoms with Crippen molar-refractivity contribution in [1.82, 2.24) is 10.2 Å². The van der Waals surface area contributed by atoms with Crippen LogP contribution in [0.5, 0.6) is 0 Å². The van der Waals surface area contributed by atoms with Gasteiger partial charge in [0, 0.05) is 30.7 Å². The van der Waals surface area contributed by atoms with Gasteiger partial charge in [-0.15, -0.1) is 0 Å². The van der Waals surface area contributed by atoms with Crippen LogP contribution in [0.3, 0.4) is 0 Å². The van der Waals surface area contributed by atoms with Crippen LogP contribution >= 0.6 is 0 Å². The van der Waals surface area contributed by atoms with E-state index in [4.69, 9.17) is 4.74 Å². The van der Waals surface area contributed by atoms with Crippen LogP contribution in [0.4, 0.5) is 0 Å². The molecule has 17 heavy (non-hydrogen) atoms. The molecular formula is C14H28N2O. The fourth-order valence-corrected chi connectivity index (χ4v) is 3.36. The number of likely N-dealkylation sites (N-methyl/N-ethyl adjacent to an activating group) is 1. The molecule has 1 N–H and O–H groups in total. The first kappa shape index (κ1) is 13.3. The van der Waals surface area contributed by atoms with Gasteiger partial charge in [-0.1, -0.05) is 13.8 Å². The van der Waals surface area contributed by atoms with Crippen LogP contribution in [0, 0.1) is 5.41 Å². The van der Waals surface area contributed by atoms with Gasteiger partial charge in [0.2, 0.25) is 0 Å². The maximum atomic E-state index is 5.85. The molecule has 4 unspecified atom stereocenters. The predicted molar refractivity (Wildman–Crippen MR) is 71.3 cm³/mol. The fraction of sp³-hybridized carbons (Fsp3) is 1.00. The first-order valence-corrected chi connectivity index (χ1v) is 7.16. The van der Waals surface area contributed by atoms with E-state index in [-0.39, 0.29) is 0 Å². The highest BCUT2D eigenvalue weighted by molar-refractivity contribution is 5.06. The molecule has 2 aliphatic rings. The molecule has 0 bridgehead atoms. The zero-order chi connectivity index (χ0) is 12.5. The standard InChI is InChI=1S/C14H28N2O/c1-5-14(3)12(9-13(14)17-6-2)15-11-7-8-16(4)10-11/h11-13,15H,5-10H2,1-4H3. The minimum absolute atomic E-state index is 0.344. The molecule has 0 amide bonds. The predicted octanol–water partition coefficient (Wildman–Crippen LogP) is 1.87. The third-order valence-corrected chi connectivity index (χ3v) is 4.94. The Morgan fingerprint density at radius 2 is 2.18 bits per heavy atom. The summed E-state index contributed by atoms with van der Waals surface area (Å²) in [7, 11) is 2.21. The van der Waals surface area contributed by atoms with Gasteiger partial charge < -0.3 is 15.0 Å². The lowest BCUT2D eigenvalue weighted by atomic mass is 9.61. The molecule has 1 saturated carbocycles. The van der Waals surface area contributed by atoms with Crippen LogP contribution in [0.2, 0.25) is 0 Å². The molecule has 2 rings (SSSR count). The molecule has 1 saturated heterocycles. The minimum Gasteiger partial charge on any atom is -0.378 e. The van der Waals surface area contributed by atoms with E-state index in [0.29, 0.717) is 23.6 Å². The first-order valence-electron chi connectivity index (χ1n) is 7.16. The highest BCUT2D eigenvalue weighted by atomic mass is 16.5. The summed E-state index contributed by atoms with van der Waals surface area (Å²) in [6.07, 6.45) is 4.16. The topological polar surface area (TPSA) is 24.5 Å². The lowest BCUT2D eigenvalue weighted by Gasteiger charge is -2.54. The van der Waals surface area contributed by atoms with Crippen molar-refractivity contribution in [2.24, 2.45) is 5.41 Å². The van der Waals surface area contributed by atoms with E-state index in [1.165, 1.54) is 32.4 Å². The third kappa shape index (κ3) is 2.51. The number of hydrogen-bond acceptors (Lipinski definition) is 3. The third-order valence-electron chi connectivity index (χ3n) is 4.94. The van der Waals surface area contributed by atoms with Gasteiger partial charge in [0.05, 0.1) is 6.10 Å². The summed E-state index contributed by atoms with van der Waals surface area (Å²) in [5.74, 6) is 0. The van der Waals surface area contributed by atoms with Crippen molar-refractivity contribution in [3.05, 3.63) is 0 Å². The Bertz CT molecular complexity index is 259. The van der Waals surface area contributed by atoms with Gasteiger partial charge in [0.15, 0.2) is 0 Å². The average Bonchev–Trinajstić information content (AvgIpc) is 2.72. The lowest BCUT2D eigenvalue weighted by molar-refractivity contribution is -0.127. The highest BCUT2D eigenvalue weighted by Gasteiger charge is 2.51. The van der Waals surface area contributed by atoms with Crippen LogP contribution in [0.1, 0.15) is 40.0 Å². The van der Waals surface area contributed by atoms with Gasteiger partial charge in [0.1, 0.15) is 0 Å². The van der Waals surface area contributed by atoms with E-state index < -0.39 is 0 Å². The largest absolute Gasteiger partial charge is 0.378 e. The molecule has 0 aromatic carbocycles. The molecule has 1 aliphatic heterocycles. The van der Waals surface area contributed by atoms with Crippen molar-refractivity contribution >= 4 is 0 Å². The minimum atomic E-state index is 0.344. The van der Waals surface area contributed by atoms with Gasteiger partial charge in [-0.25, -0.2) is 0 Å². The molecule has 1 aliphatic carbocycles. The Morgan fingerprint density at radius 3 is 2.71 bits per heavy atom. The van der Waals surface area contributed by atoms with Crippen LogP contribution in [0.25, 0.3) is 0 Å². The summed E-state index contributed by atoms with van der Waals surface area (Å²) < 4.78 is 5.85. The second-order valence-corrected chi connectivity index (χ2v) is 6.01. The average molecular weight is 240 g/mol. The summed E-state index contributed by atoms with van der Waals surface area (Å²) in [6.45, 7) is 10.1. The van der Waals surface area contributed by atoms with E-state index in [0.717, 1.165) is 6.61 Å². The SMILES string of the molecule is CCOC1CC(NC2CCN(C)C2)C1(C)CC. The Hall–Kier alpha value is -0.120. The van der Waals surface area contributed by atoms with Gasteiger partial charge in [-0.3, -0.25) is 0 Å². The first-order chi connectivity index (χ1) is 8.10. The molecule has 3 nitrogen and oxygen atoms in total. The van der Waals surface area contributed by atoms with E-state index in [1.54, 1.807) is 0 Å². The highest BCUT2D eigenvalue weighted by Crippen LogP contribution is 2.46. The van der Waals surface area contributed by atoms with E-state index >= 15 is 0 Å². The maximum absolute atomic E-state index is 5.85. The van der Waals surface area contributed by atoms with Gasteiger partial charge in [-0.05, 0) is 39.8 Å².